The maximum atomic E-state index is 8.65. The molecule has 1 aliphatic heterocycles. The molecule has 1 atom stereocenters. The van der Waals surface area contributed by atoms with E-state index in [-0.39, 0.29) is 6.10 Å². The lowest BCUT2D eigenvalue weighted by atomic mass is 10.1. The standard InChI is InChI=1S/C13H15NO2/c14-8-11-3-5-12(6-4-11)9-15-10-13-2-1-7-16-13/h3-6,13H,1-2,7,9-10H2. The first kappa shape index (κ1) is 11.1. The third kappa shape index (κ3) is 3.06. The highest BCUT2D eigenvalue weighted by Gasteiger charge is 2.14. The van der Waals surface area contributed by atoms with Crippen LogP contribution in [0.15, 0.2) is 24.3 Å². The van der Waals surface area contributed by atoms with Crippen LogP contribution in [0.3, 0.4) is 0 Å². The second-order valence-corrected chi connectivity index (χ2v) is 3.96. The molecule has 0 amide bonds. The second kappa shape index (κ2) is 5.64. The van der Waals surface area contributed by atoms with Crippen molar-refractivity contribution >= 4 is 0 Å². The van der Waals surface area contributed by atoms with Crippen molar-refractivity contribution in [2.75, 3.05) is 13.2 Å². The van der Waals surface area contributed by atoms with Gasteiger partial charge in [0.2, 0.25) is 0 Å². The number of ether oxygens (including phenoxy) is 2. The molecule has 1 unspecified atom stereocenters. The van der Waals surface area contributed by atoms with Gasteiger partial charge in [0.1, 0.15) is 0 Å². The van der Waals surface area contributed by atoms with Gasteiger partial charge < -0.3 is 9.47 Å². The van der Waals surface area contributed by atoms with Gasteiger partial charge in [0.05, 0.1) is 31.0 Å². The molecule has 1 fully saturated rings. The zero-order valence-corrected chi connectivity index (χ0v) is 9.19. The molecule has 1 aromatic rings. The van der Waals surface area contributed by atoms with Crippen LogP contribution in [0, 0.1) is 11.3 Å². The average molecular weight is 217 g/mol. The highest BCUT2D eigenvalue weighted by atomic mass is 16.5. The fourth-order valence-corrected chi connectivity index (χ4v) is 1.76. The lowest BCUT2D eigenvalue weighted by Gasteiger charge is -2.09. The van der Waals surface area contributed by atoms with E-state index in [0.717, 1.165) is 25.0 Å². The highest BCUT2D eigenvalue weighted by molar-refractivity contribution is 5.31. The average Bonchev–Trinajstić information content (AvgIpc) is 2.83. The van der Waals surface area contributed by atoms with Crippen LogP contribution in [-0.4, -0.2) is 19.3 Å². The summed E-state index contributed by atoms with van der Waals surface area (Å²) in [6, 6.07) is 9.56. The van der Waals surface area contributed by atoms with E-state index in [0.29, 0.717) is 18.8 Å². The minimum absolute atomic E-state index is 0.276. The van der Waals surface area contributed by atoms with E-state index in [4.69, 9.17) is 14.7 Å². The van der Waals surface area contributed by atoms with Crippen LogP contribution in [0.2, 0.25) is 0 Å². The first-order valence-corrected chi connectivity index (χ1v) is 5.57. The molecule has 84 valence electrons. The van der Waals surface area contributed by atoms with Crippen LogP contribution in [0.5, 0.6) is 0 Å². The SMILES string of the molecule is N#Cc1ccc(COCC2CCCO2)cc1. The Morgan fingerprint density at radius 2 is 2.19 bits per heavy atom. The smallest absolute Gasteiger partial charge is 0.0991 e. The van der Waals surface area contributed by atoms with Gasteiger partial charge in [0, 0.05) is 6.61 Å². The van der Waals surface area contributed by atoms with Gasteiger partial charge in [0.25, 0.3) is 0 Å². The van der Waals surface area contributed by atoms with Crippen LogP contribution in [0.4, 0.5) is 0 Å². The monoisotopic (exact) mass is 217 g/mol. The Labute approximate surface area is 95.6 Å². The molecule has 0 aromatic heterocycles. The Morgan fingerprint density at radius 3 is 2.81 bits per heavy atom. The van der Waals surface area contributed by atoms with E-state index in [1.54, 1.807) is 0 Å². The maximum absolute atomic E-state index is 8.65. The molecular weight excluding hydrogens is 202 g/mol. The first-order valence-electron chi connectivity index (χ1n) is 5.57. The molecule has 1 saturated heterocycles. The zero-order valence-electron chi connectivity index (χ0n) is 9.19. The molecule has 0 saturated carbocycles. The van der Waals surface area contributed by atoms with E-state index < -0.39 is 0 Å². The van der Waals surface area contributed by atoms with Gasteiger partial charge in [-0.3, -0.25) is 0 Å². The van der Waals surface area contributed by atoms with E-state index in [1.807, 2.05) is 24.3 Å². The fourth-order valence-electron chi connectivity index (χ4n) is 1.76. The summed E-state index contributed by atoms with van der Waals surface area (Å²) in [5.41, 5.74) is 1.78. The lowest BCUT2D eigenvalue weighted by molar-refractivity contribution is 0.0106. The van der Waals surface area contributed by atoms with Crippen molar-refractivity contribution in [1.29, 1.82) is 5.26 Å². The van der Waals surface area contributed by atoms with E-state index in [2.05, 4.69) is 6.07 Å². The Balaban J connectivity index is 1.74. The number of hydrogen-bond acceptors (Lipinski definition) is 3. The van der Waals surface area contributed by atoms with Crippen molar-refractivity contribution in [3.05, 3.63) is 35.4 Å². The summed E-state index contributed by atoms with van der Waals surface area (Å²) in [5, 5.41) is 8.65. The van der Waals surface area contributed by atoms with Gasteiger partial charge in [-0.25, -0.2) is 0 Å². The summed E-state index contributed by atoms with van der Waals surface area (Å²) in [4.78, 5) is 0. The predicted octanol–water partition coefficient (Wildman–Crippen LogP) is 2.25. The summed E-state index contributed by atoms with van der Waals surface area (Å²) in [5.74, 6) is 0. The van der Waals surface area contributed by atoms with Gasteiger partial charge in [0.15, 0.2) is 0 Å². The van der Waals surface area contributed by atoms with Gasteiger partial charge >= 0.3 is 0 Å². The molecule has 1 aromatic carbocycles. The number of nitrogens with zero attached hydrogens (tertiary/aromatic N) is 1. The van der Waals surface area contributed by atoms with Gasteiger partial charge in [-0.15, -0.1) is 0 Å². The number of rotatable bonds is 4. The van der Waals surface area contributed by atoms with E-state index in [1.165, 1.54) is 0 Å². The maximum Gasteiger partial charge on any atom is 0.0991 e. The summed E-state index contributed by atoms with van der Waals surface area (Å²) in [7, 11) is 0. The highest BCUT2D eigenvalue weighted by Crippen LogP contribution is 2.13. The molecule has 0 spiro atoms. The van der Waals surface area contributed by atoms with E-state index in [9.17, 15) is 0 Å². The lowest BCUT2D eigenvalue weighted by Crippen LogP contribution is -2.13. The van der Waals surface area contributed by atoms with Crippen LogP contribution in [0.1, 0.15) is 24.0 Å². The summed E-state index contributed by atoms with van der Waals surface area (Å²) in [6.45, 7) is 2.12. The van der Waals surface area contributed by atoms with Crippen LogP contribution in [0.25, 0.3) is 0 Å². The molecule has 0 N–H and O–H groups in total. The van der Waals surface area contributed by atoms with Gasteiger partial charge in [-0.1, -0.05) is 12.1 Å². The molecule has 3 nitrogen and oxygen atoms in total. The molecule has 3 heteroatoms. The van der Waals surface area contributed by atoms with Gasteiger partial charge in [-0.2, -0.15) is 5.26 Å². The van der Waals surface area contributed by atoms with Crippen LogP contribution < -0.4 is 0 Å². The van der Waals surface area contributed by atoms with Crippen molar-refractivity contribution in [1.82, 2.24) is 0 Å². The second-order valence-electron chi connectivity index (χ2n) is 3.96. The van der Waals surface area contributed by atoms with Crippen molar-refractivity contribution in [3.63, 3.8) is 0 Å². The molecule has 0 aliphatic carbocycles. The largest absolute Gasteiger partial charge is 0.376 e. The minimum atomic E-state index is 0.276. The normalized spacial score (nSPS) is 19.6. The molecule has 1 heterocycles. The minimum Gasteiger partial charge on any atom is -0.376 e. The first-order chi connectivity index (χ1) is 7.88. The summed E-state index contributed by atoms with van der Waals surface area (Å²) >= 11 is 0. The number of nitriles is 1. The zero-order chi connectivity index (χ0) is 11.2. The van der Waals surface area contributed by atoms with Crippen molar-refractivity contribution < 1.29 is 9.47 Å². The molecule has 0 bridgehead atoms. The summed E-state index contributed by atoms with van der Waals surface area (Å²) in [6.07, 6.45) is 2.52. The third-order valence-corrected chi connectivity index (χ3v) is 2.68. The predicted molar refractivity (Wildman–Crippen MR) is 59.8 cm³/mol. The molecule has 0 radical (unpaired) electrons. The fraction of sp³-hybridized carbons (Fsp3) is 0.462. The third-order valence-electron chi connectivity index (χ3n) is 2.68. The van der Waals surface area contributed by atoms with Crippen molar-refractivity contribution in [2.24, 2.45) is 0 Å². The quantitative estimate of drug-likeness (QED) is 0.776. The topological polar surface area (TPSA) is 42.2 Å². The molecule has 16 heavy (non-hydrogen) atoms. The molecular formula is C13H15NO2. The molecule has 2 rings (SSSR count). The Kier molecular flexibility index (Phi) is 3.92. The number of benzene rings is 1. The molecule has 1 aliphatic rings. The van der Waals surface area contributed by atoms with Crippen LogP contribution in [-0.2, 0) is 16.1 Å². The Hall–Kier alpha value is -1.37. The van der Waals surface area contributed by atoms with Crippen molar-refractivity contribution in [3.8, 4) is 6.07 Å². The van der Waals surface area contributed by atoms with Crippen LogP contribution >= 0.6 is 0 Å². The Bertz CT molecular complexity index is 361. The van der Waals surface area contributed by atoms with Crippen molar-refractivity contribution in [2.45, 2.75) is 25.6 Å². The number of hydrogen-bond donors (Lipinski definition) is 0. The Morgan fingerprint density at radius 1 is 1.38 bits per heavy atom. The summed E-state index contributed by atoms with van der Waals surface area (Å²) < 4.78 is 11.0. The van der Waals surface area contributed by atoms with E-state index >= 15 is 0 Å². The van der Waals surface area contributed by atoms with Gasteiger partial charge in [-0.05, 0) is 30.5 Å².